The first-order chi connectivity index (χ1) is 11.9. The molecule has 2 heterocycles. The van der Waals surface area contributed by atoms with Crippen LogP contribution in [-0.2, 0) is 0 Å². The zero-order chi connectivity index (χ0) is 16.2. The molecule has 3 aromatic rings. The second-order valence-corrected chi connectivity index (χ2v) is 6.00. The van der Waals surface area contributed by atoms with Crippen molar-refractivity contribution in [2.75, 3.05) is 0 Å². The fourth-order valence-electron chi connectivity index (χ4n) is 2.98. The molecule has 0 radical (unpaired) electrons. The van der Waals surface area contributed by atoms with Gasteiger partial charge in [-0.1, -0.05) is 6.42 Å². The van der Waals surface area contributed by atoms with Crippen LogP contribution in [0.15, 0.2) is 48.8 Å². The van der Waals surface area contributed by atoms with Crippen molar-refractivity contribution < 1.29 is 9.47 Å². The summed E-state index contributed by atoms with van der Waals surface area (Å²) in [6, 6.07) is 11.4. The molecular weight excluding hydrogens is 302 g/mol. The first-order valence-corrected chi connectivity index (χ1v) is 8.39. The van der Waals surface area contributed by atoms with E-state index in [4.69, 9.17) is 9.47 Å². The van der Waals surface area contributed by atoms with Crippen LogP contribution in [0.25, 0.3) is 11.2 Å². The third-order valence-corrected chi connectivity index (χ3v) is 4.21. The maximum atomic E-state index is 6.03. The summed E-state index contributed by atoms with van der Waals surface area (Å²) in [5.41, 5.74) is 1.33. The first-order valence-electron chi connectivity index (χ1n) is 8.39. The van der Waals surface area contributed by atoms with Gasteiger partial charge in [-0.05, 0) is 56.0 Å². The maximum absolute atomic E-state index is 6.03. The average Bonchev–Trinajstić information content (AvgIpc) is 2.64. The van der Waals surface area contributed by atoms with Crippen molar-refractivity contribution in [3.63, 3.8) is 0 Å². The predicted molar refractivity (Wildman–Crippen MR) is 91.4 cm³/mol. The molecule has 0 saturated heterocycles. The molecular formula is C19H19N3O2. The number of benzene rings is 1. The quantitative estimate of drug-likeness (QED) is 0.706. The van der Waals surface area contributed by atoms with Gasteiger partial charge in [0.2, 0.25) is 5.88 Å². The summed E-state index contributed by atoms with van der Waals surface area (Å²) >= 11 is 0. The van der Waals surface area contributed by atoms with E-state index in [1.54, 1.807) is 18.5 Å². The Morgan fingerprint density at radius 3 is 2.38 bits per heavy atom. The molecule has 0 bridgehead atoms. The van der Waals surface area contributed by atoms with Crippen LogP contribution in [0.3, 0.4) is 0 Å². The van der Waals surface area contributed by atoms with E-state index in [1.165, 1.54) is 19.3 Å². The standard InChI is InChI=1S/C19H19N3O2/c1-2-4-14(5-3-1)23-15-6-8-16(9-7-15)24-18-11-10-17-19(22-18)21-13-12-20-17/h6-14H,1-5H2. The van der Waals surface area contributed by atoms with Crippen molar-refractivity contribution in [2.45, 2.75) is 38.2 Å². The molecule has 1 aliphatic carbocycles. The highest BCUT2D eigenvalue weighted by Crippen LogP contribution is 2.26. The number of hydrogen-bond acceptors (Lipinski definition) is 5. The molecule has 5 heteroatoms. The second-order valence-electron chi connectivity index (χ2n) is 6.00. The minimum Gasteiger partial charge on any atom is -0.490 e. The van der Waals surface area contributed by atoms with Crippen LogP contribution in [0.2, 0.25) is 0 Å². The van der Waals surface area contributed by atoms with Crippen molar-refractivity contribution in [3.8, 4) is 17.4 Å². The summed E-state index contributed by atoms with van der Waals surface area (Å²) in [5.74, 6) is 2.12. The van der Waals surface area contributed by atoms with Crippen molar-refractivity contribution in [1.29, 1.82) is 0 Å². The normalized spacial score (nSPS) is 15.3. The molecule has 0 unspecified atom stereocenters. The van der Waals surface area contributed by atoms with Crippen molar-refractivity contribution in [2.24, 2.45) is 0 Å². The molecule has 2 aromatic heterocycles. The van der Waals surface area contributed by atoms with Gasteiger partial charge < -0.3 is 9.47 Å². The highest BCUT2D eigenvalue weighted by molar-refractivity contribution is 5.69. The monoisotopic (exact) mass is 321 g/mol. The third-order valence-electron chi connectivity index (χ3n) is 4.21. The number of pyridine rings is 1. The van der Waals surface area contributed by atoms with Crippen LogP contribution in [0.4, 0.5) is 0 Å². The van der Waals surface area contributed by atoms with Gasteiger partial charge in [-0.2, -0.15) is 4.98 Å². The summed E-state index contributed by atoms with van der Waals surface area (Å²) < 4.78 is 11.8. The Morgan fingerprint density at radius 1 is 0.792 bits per heavy atom. The van der Waals surface area contributed by atoms with Crippen LogP contribution in [0.1, 0.15) is 32.1 Å². The molecule has 1 fully saturated rings. The molecule has 0 N–H and O–H groups in total. The number of fused-ring (bicyclic) bond motifs is 1. The minimum absolute atomic E-state index is 0.353. The van der Waals surface area contributed by atoms with E-state index in [9.17, 15) is 0 Å². The lowest BCUT2D eigenvalue weighted by atomic mass is 9.98. The molecule has 24 heavy (non-hydrogen) atoms. The molecule has 0 atom stereocenters. The Labute approximate surface area is 140 Å². The first kappa shape index (κ1) is 14.9. The summed E-state index contributed by atoms with van der Waals surface area (Å²) in [6.45, 7) is 0. The average molecular weight is 321 g/mol. The van der Waals surface area contributed by atoms with Gasteiger partial charge in [0.05, 0.1) is 6.10 Å². The van der Waals surface area contributed by atoms with Gasteiger partial charge in [0, 0.05) is 18.5 Å². The lowest BCUT2D eigenvalue weighted by Gasteiger charge is -2.23. The third kappa shape index (κ3) is 3.45. The predicted octanol–water partition coefficient (Wildman–Crippen LogP) is 4.53. The molecule has 1 saturated carbocycles. The number of ether oxygens (including phenoxy) is 2. The van der Waals surface area contributed by atoms with Crippen LogP contribution in [0, 0.1) is 0 Å². The van der Waals surface area contributed by atoms with E-state index >= 15 is 0 Å². The molecule has 4 rings (SSSR count). The fraction of sp³-hybridized carbons (Fsp3) is 0.316. The molecule has 0 amide bonds. The van der Waals surface area contributed by atoms with Crippen LogP contribution in [-0.4, -0.2) is 21.1 Å². The molecule has 122 valence electrons. The van der Waals surface area contributed by atoms with Crippen LogP contribution < -0.4 is 9.47 Å². The summed E-state index contributed by atoms with van der Waals surface area (Å²) in [7, 11) is 0. The Morgan fingerprint density at radius 2 is 1.54 bits per heavy atom. The molecule has 0 aliphatic heterocycles. The smallest absolute Gasteiger partial charge is 0.221 e. The zero-order valence-corrected chi connectivity index (χ0v) is 13.4. The van der Waals surface area contributed by atoms with Gasteiger partial charge in [0.25, 0.3) is 0 Å². The Kier molecular flexibility index (Phi) is 4.23. The van der Waals surface area contributed by atoms with Gasteiger partial charge in [-0.25, -0.2) is 4.98 Å². The summed E-state index contributed by atoms with van der Waals surface area (Å²) in [4.78, 5) is 12.7. The van der Waals surface area contributed by atoms with E-state index in [-0.39, 0.29) is 0 Å². The van der Waals surface area contributed by atoms with E-state index < -0.39 is 0 Å². The Balaban J connectivity index is 1.44. The van der Waals surface area contributed by atoms with E-state index in [0.29, 0.717) is 17.6 Å². The zero-order valence-electron chi connectivity index (χ0n) is 13.4. The molecule has 1 aromatic carbocycles. The van der Waals surface area contributed by atoms with Gasteiger partial charge in [0.1, 0.15) is 17.0 Å². The number of hydrogen-bond donors (Lipinski definition) is 0. The largest absolute Gasteiger partial charge is 0.490 e. The van der Waals surface area contributed by atoms with Crippen molar-refractivity contribution in [3.05, 3.63) is 48.8 Å². The Hall–Kier alpha value is -2.69. The number of aromatic nitrogens is 3. The molecule has 5 nitrogen and oxygen atoms in total. The van der Waals surface area contributed by atoms with E-state index in [0.717, 1.165) is 29.9 Å². The highest BCUT2D eigenvalue weighted by atomic mass is 16.5. The summed E-state index contributed by atoms with van der Waals surface area (Å²) in [6.07, 6.45) is 9.79. The van der Waals surface area contributed by atoms with E-state index in [2.05, 4.69) is 15.0 Å². The van der Waals surface area contributed by atoms with Crippen LogP contribution in [0.5, 0.6) is 17.4 Å². The number of nitrogens with zero attached hydrogens (tertiary/aromatic N) is 3. The van der Waals surface area contributed by atoms with Crippen molar-refractivity contribution >= 4 is 11.2 Å². The SMILES string of the molecule is c1cnc2nc(Oc3ccc(OC4CCCCC4)cc3)ccc2n1. The Bertz CT molecular complexity index is 814. The van der Waals surface area contributed by atoms with Gasteiger partial charge >= 0.3 is 0 Å². The minimum atomic E-state index is 0.353. The number of rotatable bonds is 4. The molecule has 0 spiro atoms. The lowest BCUT2D eigenvalue weighted by Crippen LogP contribution is -2.19. The van der Waals surface area contributed by atoms with Gasteiger partial charge in [-0.3, -0.25) is 4.98 Å². The van der Waals surface area contributed by atoms with E-state index in [1.807, 2.05) is 30.3 Å². The summed E-state index contributed by atoms with van der Waals surface area (Å²) in [5, 5.41) is 0. The lowest BCUT2D eigenvalue weighted by molar-refractivity contribution is 0.155. The highest BCUT2D eigenvalue weighted by Gasteiger charge is 2.14. The topological polar surface area (TPSA) is 57.1 Å². The second kappa shape index (κ2) is 6.83. The fourth-order valence-corrected chi connectivity index (χ4v) is 2.98. The van der Waals surface area contributed by atoms with Gasteiger partial charge in [0.15, 0.2) is 5.65 Å². The van der Waals surface area contributed by atoms with Gasteiger partial charge in [-0.15, -0.1) is 0 Å². The maximum Gasteiger partial charge on any atom is 0.221 e. The van der Waals surface area contributed by atoms with Crippen molar-refractivity contribution in [1.82, 2.24) is 15.0 Å². The molecule has 1 aliphatic rings. The van der Waals surface area contributed by atoms with Crippen LogP contribution >= 0.6 is 0 Å².